The van der Waals surface area contributed by atoms with Gasteiger partial charge in [-0.05, 0) is 31.5 Å². The second-order valence-electron chi connectivity index (χ2n) is 7.73. The summed E-state index contributed by atoms with van der Waals surface area (Å²) >= 11 is 0. The van der Waals surface area contributed by atoms with Gasteiger partial charge in [0.05, 0.1) is 30.7 Å². The molecule has 7 heteroatoms. The first-order chi connectivity index (χ1) is 14.1. The lowest BCUT2D eigenvalue weighted by Gasteiger charge is -2.35. The summed E-state index contributed by atoms with van der Waals surface area (Å²) in [6.07, 6.45) is 1.79. The second-order valence-corrected chi connectivity index (χ2v) is 7.73. The number of fused-ring (bicyclic) bond motifs is 1. The Morgan fingerprint density at radius 3 is 2.66 bits per heavy atom. The standard InChI is InChI=1S/C22H29N5O2/c1-16(2)29-18-5-4-17-14-23-22(19(17)12-18)20-13-21(25-15-24-20)27-8-6-26(7-9-27)10-11-28-3/h4-5,12-13,15-16H,6-11,14H2,1-3H3. The Bertz CT molecular complexity index is 875. The summed E-state index contributed by atoms with van der Waals surface area (Å²) in [5, 5.41) is 0. The van der Waals surface area contributed by atoms with Crippen molar-refractivity contribution in [2.24, 2.45) is 4.99 Å². The first kappa shape index (κ1) is 19.8. The van der Waals surface area contributed by atoms with Gasteiger partial charge in [-0.25, -0.2) is 9.97 Å². The minimum atomic E-state index is 0.142. The third kappa shape index (κ3) is 4.57. The fourth-order valence-corrected chi connectivity index (χ4v) is 3.80. The highest BCUT2D eigenvalue weighted by Crippen LogP contribution is 2.28. The zero-order chi connectivity index (χ0) is 20.2. The SMILES string of the molecule is COCCN1CCN(c2cc(C3=NCc4ccc(OC(C)C)cc43)ncn2)CC1. The molecule has 2 aliphatic rings. The normalized spacial score (nSPS) is 16.8. The van der Waals surface area contributed by atoms with Gasteiger partial charge in [0.25, 0.3) is 0 Å². The lowest BCUT2D eigenvalue weighted by atomic mass is 10.0. The fourth-order valence-electron chi connectivity index (χ4n) is 3.80. The Kier molecular flexibility index (Phi) is 6.06. The number of aromatic nitrogens is 2. The zero-order valence-electron chi connectivity index (χ0n) is 17.5. The number of benzene rings is 1. The van der Waals surface area contributed by atoms with Gasteiger partial charge in [0.2, 0.25) is 0 Å². The molecule has 0 atom stereocenters. The highest BCUT2D eigenvalue weighted by molar-refractivity contribution is 6.14. The van der Waals surface area contributed by atoms with Crippen molar-refractivity contribution in [3.8, 4) is 5.75 Å². The van der Waals surface area contributed by atoms with E-state index in [0.717, 1.165) is 67.9 Å². The van der Waals surface area contributed by atoms with Crippen LogP contribution in [0.2, 0.25) is 0 Å². The number of nitrogens with zero attached hydrogens (tertiary/aromatic N) is 5. The van der Waals surface area contributed by atoms with Gasteiger partial charge in [0.15, 0.2) is 0 Å². The van der Waals surface area contributed by atoms with Crippen LogP contribution < -0.4 is 9.64 Å². The molecule has 1 fully saturated rings. The van der Waals surface area contributed by atoms with Crippen LogP contribution in [0.15, 0.2) is 35.6 Å². The molecule has 0 saturated carbocycles. The average molecular weight is 396 g/mol. The van der Waals surface area contributed by atoms with Crippen molar-refractivity contribution >= 4 is 11.5 Å². The maximum atomic E-state index is 5.87. The van der Waals surface area contributed by atoms with Crippen LogP contribution in [-0.2, 0) is 11.3 Å². The molecule has 0 spiro atoms. The van der Waals surface area contributed by atoms with Crippen molar-refractivity contribution in [3.63, 3.8) is 0 Å². The lowest BCUT2D eigenvalue weighted by molar-refractivity contribution is 0.144. The van der Waals surface area contributed by atoms with Crippen molar-refractivity contribution in [1.29, 1.82) is 0 Å². The van der Waals surface area contributed by atoms with E-state index in [4.69, 9.17) is 14.5 Å². The quantitative estimate of drug-likeness (QED) is 0.717. The van der Waals surface area contributed by atoms with Crippen LogP contribution in [0.1, 0.15) is 30.7 Å². The maximum absolute atomic E-state index is 5.87. The highest BCUT2D eigenvalue weighted by Gasteiger charge is 2.22. The molecule has 0 bridgehead atoms. The summed E-state index contributed by atoms with van der Waals surface area (Å²) in [6, 6.07) is 8.27. The molecule has 7 nitrogen and oxygen atoms in total. The molecule has 154 valence electrons. The molecular formula is C22H29N5O2. The predicted molar refractivity (Wildman–Crippen MR) is 114 cm³/mol. The zero-order valence-corrected chi connectivity index (χ0v) is 17.5. The molecule has 3 heterocycles. The highest BCUT2D eigenvalue weighted by atomic mass is 16.5. The monoisotopic (exact) mass is 395 g/mol. The molecule has 4 rings (SSSR count). The Hall–Kier alpha value is -2.51. The Labute approximate surface area is 172 Å². The van der Waals surface area contributed by atoms with Crippen LogP contribution in [0.25, 0.3) is 0 Å². The Morgan fingerprint density at radius 1 is 1.07 bits per heavy atom. The molecule has 0 N–H and O–H groups in total. The molecular weight excluding hydrogens is 366 g/mol. The topological polar surface area (TPSA) is 63.1 Å². The Morgan fingerprint density at radius 2 is 1.90 bits per heavy atom. The van der Waals surface area contributed by atoms with Crippen molar-refractivity contribution < 1.29 is 9.47 Å². The molecule has 0 amide bonds. The summed E-state index contributed by atoms with van der Waals surface area (Å²) in [5.41, 5.74) is 4.12. The molecule has 29 heavy (non-hydrogen) atoms. The van der Waals surface area contributed by atoms with Crippen molar-refractivity contribution in [1.82, 2.24) is 14.9 Å². The van der Waals surface area contributed by atoms with E-state index < -0.39 is 0 Å². The number of rotatable bonds is 7. The number of aliphatic imine (C=N–C) groups is 1. The van der Waals surface area contributed by atoms with E-state index in [1.807, 2.05) is 19.9 Å². The third-order valence-electron chi connectivity index (χ3n) is 5.32. The predicted octanol–water partition coefficient (Wildman–Crippen LogP) is 2.38. The maximum Gasteiger partial charge on any atom is 0.132 e. The van der Waals surface area contributed by atoms with Crippen LogP contribution in [-0.4, -0.2) is 73.1 Å². The van der Waals surface area contributed by atoms with Crippen LogP contribution >= 0.6 is 0 Å². The number of ether oxygens (including phenoxy) is 2. The van der Waals surface area contributed by atoms with Crippen molar-refractivity contribution in [2.45, 2.75) is 26.5 Å². The molecule has 0 aliphatic carbocycles. The van der Waals surface area contributed by atoms with Gasteiger partial charge in [0.1, 0.15) is 17.9 Å². The van der Waals surface area contributed by atoms with Crippen molar-refractivity contribution in [3.05, 3.63) is 47.4 Å². The molecule has 0 unspecified atom stereocenters. The first-order valence-corrected chi connectivity index (χ1v) is 10.3. The number of anilines is 1. The summed E-state index contributed by atoms with van der Waals surface area (Å²) in [7, 11) is 1.75. The van der Waals surface area contributed by atoms with Gasteiger partial charge in [-0.15, -0.1) is 0 Å². The van der Waals surface area contributed by atoms with Gasteiger partial charge in [-0.1, -0.05) is 6.07 Å². The number of piperazine rings is 1. The summed E-state index contributed by atoms with van der Waals surface area (Å²) < 4.78 is 11.1. The van der Waals surface area contributed by atoms with E-state index >= 15 is 0 Å². The van der Waals surface area contributed by atoms with Crippen LogP contribution in [0.4, 0.5) is 5.82 Å². The summed E-state index contributed by atoms with van der Waals surface area (Å²) in [4.78, 5) is 18.6. The van der Waals surface area contributed by atoms with Gasteiger partial charge in [-0.3, -0.25) is 9.89 Å². The fraction of sp³-hybridized carbons (Fsp3) is 0.500. The van der Waals surface area contributed by atoms with Gasteiger partial charge in [-0.2, -0.15) is 0 Å². The molecule has 0 radical (unpaired) electrons. The number of methoxy groups -OCH3 is 1. The number of hydrogen-bond donors (Lipinski definition) is 0. The molecule has 1 saturated heterocycles. The third-order valence-corrected chi connectivity index (χ3v) is 5.32. The lowest BCUT2D eigenvalue weighted by Crippen LogP contribution is -2.47. The van der Waals surface area contributed by atoms with Gasteiger partial charge >= 0.3 is 0 Å². The first-order valence-electron chi connectivity index (χ1n) is 10.3. The van der Waals surface area contributed by atoms with Crippen LogP contribution in [0, 0.1) is 0 Å². The minimum absolute atomic E-state index is 0.142. The molecule has 1 aromatic heterocycles. The summed E-state index contributed by atoms with van der Waals surface area (Å²) in [5.74, 6) is 1.84. The van der Waals surface area contributed by atoms with Crippen molar-refractivity contribution in [2.75, 3.05) is 51.3 Å². The van der Waals surface area contributed by atoms with E-state index in [2.05, 4.69) is 38.0 Å². The van der Waals surface area contributed by atoms with E-state index in [0.29, 0.717) is 6.54 Å². The Balaban J connectivity index is 1.50. The molecule has 2 aromatic rings. The largest absolute Gasteiger partial charge is 0.491 e. The molecule has 2 aliphatic heterocycles. The average Bonchev–Trinajstić information content (AvgIpc) is 3.15. The van der Waals surface area contributed by atoms with Crippen LogP contribution in [0.3, 0.4) is 0 Å². The van der Waals surface area contributed by atoms with E-state index in [9.17, 15) is 0 Å². The molecule has 1 aromatic carbocycles. The number of hydrogen-bond acceptors (Lipinski definition) is 7. The van der Waals surface area contributed by atoms with E-state index in [1.54, 1.807) is 13.4 Å². The van der Waals surface area contributed by atoms with Crippen LogP contribution in [0.5, 0.6) is 5.75 Å². The summed E-state index contributed by atoms with van der Waals surface area (Å²) in [6.45, 7) is 10.5. The smallest absolute Gasteiger partial charge is 0.132 e. The van der Waals surface area contributed by atoms with Gasteiger partial charge in [0, 0.05) is 51.5 Å². The second kappa shape index (κ2) is 8.88. The minimum Gasteiger partial charge on any atom is -0.491 e. The van der Waals surface area contributed by atoms with Gasteiger partial charge < -0.3 is 14.4 Å². The van der Waals surface area contributed by atoms with E-state index in [-0.39, 0.29) is 6.10 Å². The van der Waals surface area contributed by atoms with E-state index in [1.165, 1.54) is 5.56 Å².